The highest BCUT2D eigenvalue weighted by atomic mass is 16.5. The van der Waals surface area contributed by atoms with Crippen molar-refractivity contribution in [2.45, 2.75) is 50.7 Å². The van der Waals surface area contributed by atoms with E-state index in [1.165, 1.54) is 26.4 Å². The highest BCUT2D eigenvalue weighted by Crippen LogP contribution is 2.27. The summed E-state index contributed by atoms with van der Waals surface area (Å²) >= 11 is 0. The molecule has 5 N–H and O–H groups in total. The Labute approximate surface area is 147 Å². The van der Waals surface area contributed by atoms with Crippen LogP contribution in [0.25, 0.3) is 0 Å². The Morgan fingerprint density at radius 1 is 1.28 bits per heavy atom. The van der Waals surface area contributed by atoms with Crippen molar-refractivity contribution in [3.8, 4) is 5.75 Å². The molecule has 1 aromatic carbocycles. The molecule has 0 aromatic heterocycles. The van der Waals surface area contributed by atoms with E-state index in [-0.39, 0.29) is 0 Å². The Kier molecular flexibility index (Phi) is 7.21. The maximum Gasteiger partial charge on any atom is 0.269 e. The summed E-state index contributed by atoms with van der Waals surface area (Å²) in [4.78, 5) is 24.0. The van der Waals surface area contributed by atoms with Gasteiger partial charge in [0.05, 0.1) is 7.11 Å². The lowest BCUT2D eigenvalue weighted by Gasteiger charge is -2.26. The number of rotatable bonds is 6. The van der Waals surface area contributed by atoms with E-state index in [0.717, 1.165) is 12.8 Å². The molecule has 1 aliphatic carbocycles. The number of aliphatic hydroxyl groups excluding tert-OH is 1. The number of carbonyl (C=O) groups excluding carboxylic acids is 2. The summed E-state index contributed by atoms with van der Waals surface area (Å²) in [5, 5.41) is 10.1. The van der Waals surface area contributed by atoms with E-state index in [4.69, 9.17) is 10.5 Å². The molecule has 1 saturated carbocycles. The number of nitrogens with two attached hydrogens (primary N) is 1. The maximum absolute atomic E-state index is 12.0. The van der Waals surface area contributed by atoms with E-state index in [0.29, 0.717) is 23.7 Å². The summed E-state index contributed by atoms with van der Waals surface area (Å²) in [6.45, 7) is 0. The van der Waals surface area contributed by atoms with Crippen molar-refractivity contribution < 1.29 is 19.4 Å². The van der Waals surface area contributed by atoms with Crippen LogP contribution in [0.1, 0.15) is 48.9 Å². The summed E-state index contributed by atoms with van der Waals surface area (Å²) in [5.74, 6) is -0.217. The molecule has 1 aromatic rings. The first-order chi connectivity index (χ1) is 12.0. The monoisotopic (exact) mass is 349 g/mol. The Hall–Kier alpha value is -2.12. The number of ether oxygens (including phenoxy) is 1. The Balaban J connectivity index is 1.80. The highest BCUT2D eigenvalue weighted by Gasteiger charge is 2.26. The van der Waals surface area contributed by atoms with Gasteiger partial charge in [0.15, 0.2) is 0 Å². The van der Waals surface area contributed by atoms with E-state index in [2.05, 4.69) is 10.9 Å². The van der Waals surface area contributed by atoms with Gasteiger partial charge >= 0.3 is 0 Å². The maximum atomic E-state index is 12.0. The number of hydrazine groups is 1. The summed E-state index contributed by atoms with van der Waals surface area (Å²) in [6, 6.07) is 5.88. The topological polar surface area (TPSA) is 114 Å². The molecule has 2 rings (SSSR count). The van der Waals surface area contributed by atoms with Gasteiger partial charge in [0.25, 0.3) is 11.8 Å². The van der Waals surface area contributed by atoms with Crippen LogP contribution < -0.4 is 21.3 Å². The van der Waals surface area contributed by atoms with Crippen molar-refractivity contribution in [3.63, 3.8) is 0 Å². The van der Waals surface area contributed by atoms with Crippen molar-refractivity contribution in [3.05, 3.63) is 29.8 Å². The van der Waals surface area contributed by atoms with E-state index < -0.39 is 24.0 Å². The molecular formula is C18H27N3O4. The van der Waals surface area contributed by atoms with E-state index >= 15 is 0 Å². The summed E-state index contributed by atoms with van der Waals surface area (Å²) < 4.78 is 5.05. The lowest BCUT2D eigenvalue weighted by molar-refractivity contribution is -0.131. The third kappa shape index (κ3) is 5.72. The van der Waals surface area contributed by atoms with Crippen LogP contribution >= 0.6 is 0 Å². The lowest BCUT2D eigenvalue weighted by atomic mass is 9.84. The van der Waals surface area contributed by atoms with Gasteiger partial charge in [-0.15, -0.1) is 0 Å². The molecule has 0 bridgehead atoms. The number of hydrogen-bond donors (Lipinski definition) is 4. The van der Waals surface area contributed by atoms with Gasteiger partial charge in [-0.25, -0.2) is 0 Å². The van der Waals surface area contributed by atoms with Crippen molar-refractivity contribution in [2.75, 3.05) is 7.11 Å². The molecule has 0 aliphatic heterocycles. The second kappa shape index (κ2) is 9.39. The molecule has 1 aliphatic rings. The normalized spacial score (nSPS) is 17.4. The van der Waals surface area contributed by atoms with Crippen LogP contribution in [-0.4, -0.2) is 36.2 Å². The first kappa shape index (κ1) is 19.2. The van der Waals surface area contributed by atoms with Gasteiger partial charge in [0, 0.05) is 11.6 Å². The first-order valence-corrected chi connectivity index (χ1v) is 8.69. The molecule has 0 spiro atoms. The molecule has 0 heterocycles. The molecule has 25 heavy (non-hydrogen) atoms. The third-order valence-corrected chi connectivity index (χ3v) is 4.64. The minimum Gasteiger partial charge on any atom is -0.497 e. The van der Waals surface area contributed by atoms with Gasteiger partial charge in [-0.3, -0.25) is 20.4 Å². The van der Waals surface area contributed by atoms with Gasteiger partial charge in [0.2, 0.25) is 0 Å². The first-order valence-electron chi connectivity index (χ1n) is 8.69. The summed E-state index contributed by atoms with van der Waals surface area (Å²) in [6.07, 6.45) is 5.03. The second-order valence-electron chi connectivity index (χ2n) is 6.52. The van der Waals surface area contributed by atoms with Crippen LogP contribution in [0.3, 0.4) is 0 Å². The zero-order valence-electron chi connectivity index (χ0n) is 14.5. The van der Waals surface area contributed by atoms with Crippen LogP contribution in [0, 0.1) is 5.92 Å². The van der Waals surface area contributed by atoms with Gasteiger partial charge in [-0.2, -0.15) is 0 Å². The Bertz CT molecular complexity index is 587. The highest BCUT2D eigenvalue weighted by molar-refractivity contribution is 5.96. The predicted molar refractivity (Wildman–Crippen MR) is 93.8 cm³/mol. The molecule has 2 amide bonds. The average Bonchev–Trinajstić information content (AvgIpc) is 2.65. The lowest BCUT2D eigenvalue weighted by Crippen LogP contribution is -2.52. The van der Waals surface area contributed by atoms with Gasteiger partial charge < -0.3 is 15.6 Å². The van der Waals surface area contributed by atoms with Crippen LogP contribution in [0.2, 0.25) is 0 Å². The molecule has 1 fully saturated rings. The number of carbonyl (C=O) groups is 2. The number of aliphatic hydroxyl groups is 1. The number of methoxy groups -OCH3 is 1. The molecule has 0 radical (unpaired) electrons. The van der Waals surface area contributed by atoms with Crippen molar-refractivity contribution >= 4 is 11.8 Å². The van der Waals surface area contributed by atoms with Gasteiger partial charge in [-0.1, -0.05) is 38.2 Å². The fourth-order valence-electron chi connectivity index (χ4n) is 3.16. The molecule has 138 valence electrons. The van der Waals surface area contributed by atoms with E-state index in [1.807, 2.05) is 0 Å². The van der Waals surface area contributed by atoms with Crippen LogP contribution in [0.15, 0.2) is 24.3 Å². The van der Waals surface area contributed by atoms with Crippen molar-refractivity contribution in [2.24, 2.45) is 11.7 Å². The van der Waals surface area contributed by atoms with Crippen LogP contribution in [0.5, 0.6) is 5.75 Å². The molecule has 2 unspecified atom stereocenters. The van der Waals surface area contributed by atoms with Crippen molar-refractivity contribution in [1.82, 2.24) is 10.9 Å². The van der Waals surface area contributed by atoms with E-state index in [1.54, 1.807) is 24.3 Å². The second-order valence-corrected chi connectivity index (χ2v) is 6.52. The van der Waals surface area contributed by atoms with Gasteiger partial charge in [-0.05, 0) is 30.5 Å². The zero-order chi connectivity index (χ0) is 18.2. The summed E-state index contributed by atoms with van der Waals surface area (Å²) in [5.41, 5.74) is 10.8. The number of amides is 2. The Morgan fingerprint density at radius 3 is 2.68 bits per heavy atom. The fourth-order valence-corrected chi connectivity index (χ4v) is 3.16. The zero-order valence-corrected chi connectivity index (χ0v) is 14.5. The molecule has 7 nitrogen and oxygen atoms in total. The van der Waals surface area contributed by atoms with E-state index in [9.17, 15) is 14.7 Å². The predicted octanol–water partition coefficient (Wildman–Crippen LogP) is 1.11. The minimum absolute atomic E-state index is 0.334. The largest absolute Gasteiger partial charge is 0.497 e. The number of nitrogens with one attached hydrogen (secondary N) is 2. The minimum atomic E-state index is -1.35. The van der Waals surface area contributed by atoms with Crippen LogP contribution in [-0.2, 0) is 4.79 Å². The van der Waals surface area contributed by atoms with Crippen molar-refractivity contribution in [1.29, 1.82) is 0 Å². The smallest absolute Gasteiger partial charge is 0.269 e. The number of benzene rings is 1. The fraction of sp³-hybridized carbons (Fsp3) is 0.556. The molecule has 7 heteroatoms. The van der Waals surface area contributed by atoms with Crippen LogP contribution in [0.4, 0.5) is 0 Å². The molecule has 2 atom stereocenters. The molecular weight excluding hydrogens is 322 g/mol. The SMILES string of the molecule is COc1cccc(C(=O)NNC(=O)C(O)C(N)CC2CCCCC2)c1. The summed E-state index contributed by atoms with van der Waals surface area (Å²) in [7, 11) is 1.50. The number of hydrogen-bond acceptors (Lipinski definition) is 5. The Morgan fingerprint density at radius 2 is 2.00 bits per heavy atom. The van der Waals surface area contributed by atoms with Gasteiger partial charge in [0.1, 0.15) is 11.9 Å². The quantitative estimate of drug-likeness (QED) is 0.575. The molecule has 0 saturated heterocycles. The average molecular weight is 349 g/mol. The standard InChI is InChI=1S/C18H27N3O4/c1-25-14-9-5-8-13(11-14)17(23)20-21-18(24)16(22)15(19)10-12-6-3-2-4-7-12/h5,8-9,11-12,15-16,22H,2-4,6-7,10,19H2,1H3,(H,20,23)(H,21,24). The third-order valence-electron chi connectivity index (χ3n) is 4.64.